The van der Waals surface area contributed by atoms with Crippen LogP contribution < -0.4 is 0 Å². The second kappa shape index (κ2) is 7.15. The summed E-state index contributed by atoms with van der Waals surface area (Å²) in [6.07, 6.45) is 3.50. The van der Waals surface area contributed by atoms with Crippen LogP contribution in [0.4, 0.5) is 4.39 Å². The second-order valence-electron chi connectivity index (χ2n) is 4.93. The summed E-state index contributed by atoms with van der Waals surface area (Å²) in [7, 11) is 1.98. The van der Waals surface area contributed by atoms with Gasteiger partial charge in [-0.05, 0) is 36.4 Å². The van der Waals surface area contributed by atoms with Gasteiger partial charge in [0.2, 0.25) is 0 Å². The van der Waals surface area contributed by atoms with Gasteiger partial charge in [0.15, 0.2) is 5.16 Å². The van der Waals surface area contributed by atoms with Gasteiger partial charge < -0.3 is 4.57 Å². The maximum Gasteiger partial charge on any atom is 0.168 e. The summed E-state index contributed by atoms with van der Waals surface area (Å²) in [5, 5.41) is 0.886. The average molecular weight is 348 g/mol. The molecule has 23 heavy (non-hydrogen) atoms. The van der Waals surface area contributed by atoms with Crippen molar-refractivity contribution in [3.8, 4) is 22.5 Å². The third-order valence-corrected chi connectivity index (χ3v) is 4.88. The van der Waals surface area contributed by atoms with Crippen molar-refractivity contribution < 1.29 is 4.39 Å². The lowest BCUT2D eigenvalue weighted by molar-refractivity contribution is 0.628. The molecule has 2 aromatic heterocycles. The molecule has 6 heteroatoms. The molecule has 3 rings (SSSR count). The first-order valence-corrected chi connectivity index (χ1v) is 8.64. The van der Waals surface area contributed by atoms with E-state index in [1.54, 1.807) is 36.3 Å². The molecule has 0 saturated heterocycles. The van der Waals surface area contributed by atoms with Crippen molar-refractivity contribution in [3.63, 3.8) is 0 Å². The number of aromatic nitrogens is 3. The quantitative estimate of drug-likeness (QED) is 0.498. The van der Waals surface area contributed by atoms with E-state index >= 15 is 0 Å². The smallest absolute Gasteiger partial charge is 0.168 e. The van der Waals surface area contributed by atoms with Crippen molar-refractivity contribution in [3.05, 3.63) is 54.6 Å². The molecule has 0 aliphatic carbocycles. The summed E-state index contributed by atoms with van der Waals surface area (Å²) < 4.78 is 15.3. The van der Waals surface area contributed by atoms with Crippen LogP contribution in [-0.4, -0.2) is 26.2 Å². The summed E-state index contributed by atoms with van der Waals surface area (Å²) >= 11 is 7.40. The summed E-state index contributed by atoms with van der Waals surface area (Å²) in [4.78, 5) is 8.82. The monoisotopic (exact) mass is 347 g/mol. The Balaban J connectivity index is 2.15. The van der Waals surface area contributed by atoms with Crippen LogP contribution in [0.2, 0.25) is 0 Å². The second-order valence-corrected chi connectivity index (χ2v) is 6.37. The summed E-state index contributed by atoms with van der Waals surface area (Å²) in [6.45, 7) is 0. The molecule has 0 saturated carbocycles. The number of thioether (sulfide) groups is 1. The number of halogens is 2. The number of rotatable bonds is 5. The van der Waals surface area contributed by atoms with Crippen LogP contribution in [-0.2, 0) is 7.05 Å². The molecule has 2 heterocycles. The Morgan fingerprint density at radius 1 is 1.09 bits per heavy atom. The van der Waals surface area contributed by atoms with Crippen LogP contribution in [0.3, 0.4) is 0 Å². The summed E-state index contributed by atoms with van der Waals surface area (Å²) in [6, 6.07) is 10.3. The van der Waals surface area contributed by atoms with E-state index in [0.717, 1.165) is 33.4 Å². The number of benzene rings is 1. The van der Waals surface area contributed by atoms with Gasteiger partial charge in [-0.25, -0.2) is 9.37 Å². The van der Waals surface area contributed by atoms with Crippen molar-refractivity contribution >= 4 is 23.4 Å². The summed E-state index contributed by atoms with van der Waals surface area (Å²) in [5.74, 6) is 1.09. The van der Waals surface area contributed by atoms with Crippen LogP contribution in [0.15, 0.2) is 53.9 Å². The molecule has 0 unspecified atom stereocenters. The zero-order chi connectivity index (χ0) is 16.2. The van der Waals surface area contributed by atoms with Crippen LogP contribution in [0.5, 0.6) is 0 Å². The molecular formula is C17H15ClFN3S. The number of nitrogens with zero attached hydrogens (tertiary/aromatic N) is 3. The molecule has 0 fully saturated rings. The van der Waals surface area contributed by atoms with Crippen molar-refractivity contribution in [1.29, 1.82) is 0 Å². The van der Waals surface area contributed by atoms with Gasteiger partial charge in [0.25, 0.3) is 0 Å². The normalized spacial score (nSPS) is 10.9. The molecule has 0 amide bonds. The van der Waals surface area contributed by atoms with Crippen molar-refractivity contribution in [1.82, 2.24) is 14.5 Å². The fourth-order valence-electron chi connectivity index (χ4n) is 2.39. The van der Waals surface area contributed by atoms with Crippen LogP contribution in [0.25, 0.3) is 22.5 Å². The van der Waals surface area contributed by atoms with E-state index in [1.165, 1.54) is 12.1 Å². The van der Waals surface area contributed by atoms with Crippen molar-refractivity contribution in [2.75, 3.05) is 11.6 Å². The average Bonchev–Trinajstić information content (AvgIpc) is 2.91. The number of pyridine rings is 1. The standard InChI is InChI=1S/C17H15ClFN3S/c1-22-16(13-6-9-20-10-7-13)15(21-17(22)23-11-8-18)12-2-4-14(19)5-3-12/h2-7,9-10H,8,11H2,1H3. The maximum atomic E-state index is 13.2. The van der Waals surface area contributed by atoms with E-state index in [1.807, 2.05) is 23.7 Å². The van der Waals surface area contributed by atoms with E-state index in [0.29, 0.717) is 5.88 Å². The van der Waals surface area contributed by atoms with Gasteiger partial charge in [-0.3, -0.25) is 4.98 Å². The Morgan fingerprint density at radius 2 is 1.78 bits per heavy atom. The topological polar surface area (TPSA) is 30.7 Å². The van der Waals surface area contributed by atoms with Crippen LogP contribution >= 0.6 is 23.4 Å². The Bertz CT molecular complexity index is 788. The van der Waals surface area contributed by atoms with E-state index in [4.69, 9.17) is 16.6 Å². The molecule has 118 valence electrons. The minimum Gasteiger partial charge on any atom is -0.322 e. The SMILES string of the molecule is Cn1c(SCCCl)nc(-c2ccc(F)cc2)c1-c1ccncc1. The fraction of sp³-hybridized carbons (Fsp3) is 0.176. The van der Waals surface area contributed by atoms with Gasteiger partial charge in [0, 0.05) is 42.2 Å². The van der Waals surface area contributed by atoms with E-state index in [9.17, 15) is 4.39 Å². The first kappa shape index (κ1) is 16.0. The molecule has 0 spiro atoms. The first-order valence-electron chi connectivity index (χ1n) is 7.12. The van der Waals surface area contributed by atoms with Gasteiger partial charge in [-0.2, -0.15) is 0 Å². The zero-order valence-corrected chi connectivity index (χ0v) is 14.1. The van der Waals surface area contributed by atoms with Gasteiger partial charge >= 0.3 is 0 Å². The molecule has 3 nitrogen and oxygen atoms in total. The third-order valence-electron chi connectivity index (χ3n) is 3.43. The lowest BCUT2D eigenvalue weighted by Gasteiger charge is -2.07. The molecule has 1 aromatic carbocycles. The molecule has 0 bridgehead atoms. The van der Waals surface area contributed by atoms with Gasteiger partial charge in [-0.15, -0.1) is 11.6 Å². The Hall–Kier alpha value is -1.85. The lowest BCUT2D eigenvalue weighted by atomic mass is 10.1. The van der Waals surface area contributed by atoms with E-state index in [-0.39, 0.29) is 5.82 Å². The molecule has 0 N–H and O–H groups in total. The molecule has 3 aromatic rings. The summed E-state index contributed by atoms with van der Waals surface area (Å²) in [5.41, 5.74) is 3.71. The first-order chi connectivity index (χ1) is 11.2. The van der Waals surface area contributed by atoms with Crippen LogP contribution in [0, 0.1) is 5.82 Å². The highest BCUT2D eigenvalue weighted by Gasteiger charge is 2.18. The number of imidazole rings is 1. The third kappa shape index (κ3) is 3.41. The van der Waals surface area contributed by atoms with E-state index in [2.05, 4.69) is 4.98 Å². The predicted molar refractivity (Wildman–Crippen MR) is 93.3 cm³/mol. The largest absolute Gasteiger partial charge is 0.322 e. The minimum absolute atomic E-state index is 0.258. The number of hydrogen-bond acceptors (Lipinski definition) is 3. The van der Waals surface area contributed by atoms with Gasteiger partial charge in [0.05, 0.1) is 11.4 Å². The Morgan fingerprint density at radius 3 is 2.43 bits per heavy atom. The van der Waals surface area contributed by atoms with Crippen molar-refractivity contribution in [2.24, 2.45) is 7.05 Å². The predicted octanol–water partition coefficient (Wildman–Crippen LogP) is 4.62. The highest BCUT2D eigenvalue weighted by atomic mass is 35.5. The highest BCUT2D eigenvalue weighted by Crippen LogP contribution is 2.34. The lowest BCUT2D eigenvalue weighted by Crippen LogP contribution is -1.95. The Labute approximate surface area is 143 Å². The van der Waals surface area contributed by atoms with Gasteiger partial charge in [0.1, 0.15) is 5.82 Å². The van der Waals surface area contributed by atoms with Gasteiger partial charge in [-0.1, -0.05) is 11.8 Å². The number of hydrogen-bond donors (Lipinski definition) is 0. The number of alkyl halides is 1. The van der Waals surface area contributed by atoms with Crippen LogP contribution in [0.1, 0.15) is 0 Å². The Kier molecular flexibility index (Phi) is 4.98. The minimum atomic E-state index is -0.258. The molecule has 0 atom stereocenters. The van der Waals surface area contributed by atoms with Crippen molar-refractivity contribution in [2.45, 2.75) is 5.16 Å². The molecule has 0 radical (unpaired) electrons. The highest BCUT2D eigenvalue weighted by molar-refractivity contribution is 7.99. The zero-order valence-electron chi connectivity index (χ0n) is 12.5. The molecular weight excluding hydrogens is 333 g/mol. The fourth-order valence-corrected chi connectivity index (χ4v) is 3.32. The maximum absolute atomic E-state index is 13.2. The molecule has 0 aliphatic heterocycles. The molecule has 0 aliphatic rings. The van der Waals surface area contributed by atoms with E-state index < -0.39 is 0 Å².